The van der Waals surface area contributed by atoms with Gasteiger partial charge in [-0.15, -0.1) is 0 Å². The summed E-state index contributed by atoms with van der Waals surface area (Å²) in [5.41, 5.74) is 3.75. The number of carbonyl (C=O) groups is 3. The van der Waals surface area contributed by atoms with Gasteiger partial charge in [-0.2, -0.15) is 0 Å². The molecule has 0 aliphatic carbocycles. The number of hydrogen-bond donors (Lipinski definition) is 1. The lowest BCUT2D eigenvalue weighted by Gasteiger charge is -2.39. The fourth-order valence-electron chi connectivity index (χ4n) is 6.28. The fraction of sp³-hybridized carbons (Fsp3) is 0.400. The molecule has 3 aromatic carbocycles. The van der Waals surface area contributed by atoms with Crippen LogP contribution in [0.15, 0.2) is 66.7 Å². The van der Waals surface area contributed by atoms with Crippen LogP contribution < -0.4 is 19.7 Å². The number of carbonyl (C=O) groups excluding carboxylic acids is 3. The van der Waals surface area contributed by atoms with Gasteiger partial charge in [0.15, 0.2) is 11.5 Å². The van der Waals surface area contributed by atoms with Crippen LogP contribution in [0.3, 0.4) is 0 Å². The molecular formula is C35H42N4O5. The monoisotopic (exact) mass is 598 g/mol. The van der Waals surface area contributed by atoms with Crippen LogP contribution in [-0.2, 0) is 4.79 Å². The molecule has 1 fully saturated rings. The Morgan fingerprint density at radius 3 is 2.27 bits per heavy atom. The van der Waals surface area contributed by atoms with Crippen molar-refractivity contribution in [1.29, 1.82) is 0 Å². The zero-order valence-corrected chi connectivity index (χ0v) is 26.0. The minimum absolute atomic E-state index is 0.0312. The minimum atomic E-state index is -0.544. The van der Waals surface area contributed by atoms with Crippen LogP contribution >= 0.6 is 0 Å². The van der Waals surface area contributed by atoms with E-state index in [1.807, 2.05) is 37.3 Å². The highest BCUT2D eigenvalue weighted by Crippen LogP contribution is 2.40. The average molecular weight is 599 g/mol. The third-order valence-corrected chi connectivity index (χ3v) is 8.81. The molecular weight excluding hydrogens is 556 g/mol. The molecule has 2 heterocycles. The van der Waals surface area contributed by atoms with E-state index >= 15 is 0 Å². The Hall–Kier alpha value is -4.37. The summed E-state index contributed by atoms with van der Waals surface area (Å²) in [6.07, 6.45) is 1.47. The fourth-order valence-corrected chi connectivity index (χ4v) is 6.28. The average Bonchev–Trinajstić information content (AvgIpc) is 3.33. The van der Waals surface area contributed by atoms with E-state index in [-0.39, 0.29) is 17.7 Å². The van der Waals surface area contributed by atoms with E-state index in [2.05, 4.69) is 46.3 Å². The van der Waals surface area contributed by atoms with Crippen LogP contribution in [0, 0.1) is 0 Å². The molecule has 3 amide bonds. The molecule has 0 aromatic heterocycles. The van der Waals surface area contributed by atoms with Crippen molar-refractivity contribution >= 4 is 23.4 Å². The second kappa shape index (κ2) is 13.9. The number of nitrogens with one attached hydrogen (secondary N) is 1. The van der Waals surface area contributed by atoms with Gasteiger partial charge in [-0.1, -0.05) is 49.4 Å². The molecule has 1 N–H and O–H groups in total. The molecule has 1 unspecified atom stereocenters. The lowest BCUT2D eigenvalue weighted by atomic mass is 9.99. The first-order chi connectivity index (χ1) is 21.4. The molecule has 44 heavy (non-hydrogen) atoms. The molecule has 1 saturated heterocycles. The van der Waals surface area contributed by atoms with E-state index in [0.717, 1.165) is 37.4 Å². The van der Waals surface area contributed by atoms with Gasteiger partial charge in [0.05, 0.1) is 37.1 Å². The number of benzene rings is 3. The van der Waals surface area contributed by atoms with Crippen molar-refractivity contribution in [2.24, 2.45) is 0 Å². The number of imide groups is 1. The minimum Gasteiger partial charge on any atom is -0.493 e. The molecule has 3 aromatic rings. The Morgan fingerprint density at radius 1 is 0.864 bits per heavy atom. The third-order valence-electron chi connectivity index (χ3n) is 8.81. The van der Waals surface area contributed by atoms with E-state index in [0.29, 0.717) is 54.5 Å². The summed E-state index contributed by atoms with van der Waals surface area (Å²) < 4.78 is 11.0. The molecule has 5 rings (SSSR count). The maximum absolute atomic E-state index is 14.3. The Kier molecular flexibility index (Phi) is 9.85. The maximum Gasteiger partial charge on any atom is 0.264 e. The van der Waals surface area contributed by atoms with E-state index in [1.54, 1.807) is 26.4 Å². The number of hydrogen-bond acceptors (Lipinski definition) is 7. The molecule has 0 radical (unpaired) electrons. The van der Waals surface area contributed by atoms with Crippen molar-refractivity contribution < 1.29 is 23.9 Å². The molecule has 9 nitrogen and oxygen atoms in total. The Morgan fingerprint density at radius 2 is 1.59 bits per heavy atom. The molecule has 0 saturated carbocycles. The molecule has 2 atom stereocenters. The number of ether oxygens (including phenoxy) is 2. The highest BCUT2D eigenvalue weighted by Gasteiger charge is 2.43. The van der Waals surface area contributed by atoms with E-state index in [4.69, 9.17) is 9.47 Å². The van der Waals surface area contributed by atoms with Gasteiger partial charge in [0.2, 0.25) is 5.91 Å². The van der Waals surface area contributed by atoms with Crippen molar-refractivity contribution in [3.05, 3.63) is 89.0 Å². The molecule has 2 aliphatic rings. The van der Waals surface area contributed by atoms with Gasteiger partial charge in [-0.3, -0.25) is 24.2 Å². The van der Waals surface area contributed by atoms with Crippen molar-refractivity contribution in [2.45, 2.75) is 45.2 Å². The van der Waals surface area contributed by atoms with Gasteiger partial charge in [0, 0.05) is 45.2 Å². The third kappa shape index (κ3) is 6.28. The number of amides is 3. The normalized spacial score (nSPS) is 16.5. The van der Waals surface area contributed by atoms with Crippen molar-refractivity contribution in [2.75, 3.05) is 51.8 Å². The molecule has 0 spiro atoms. The summed E-state index contributed by atoms with van der Waals surface area (Å²) in [6, 6.07) is 21.3. The van der Waals surface area contributed by atoms with Crippen LogP contribution in [0.25, 0.3) is 0 Å². The van der Waals surface area contributed by atoms with E-state index in [9.17, 15) is 14.4 Å². The first-order valence-corrected chi connectivity index (χ1v) is 15.4. The Labute approximate surface area is 259 Å². The number of piperazine rings is 1. The topological polar surface area (TPSA) is 91.4 Å². The maximum atomic E-state index is 14.3. The summed E-state index contributed by atoms with van der Waals surface area (Å²) in [7, 11) is 3.13. The summed E-state index contributed by atoms with van der Waals surface area (Å²) in [5.74, 6) is 0.458. The van der Waals surface area contributed by atoms with Crippen LogP contribution in [0.1, 0.15) is 77.0 Å². The number of anilines is 1. The Bertz CT molecular complexity index is 1490. The first-order valence-electron chi connectivity index (χ1n) is 15.4. The summed E-state index contributed by atoms with van der Waals surface area (Å²) >= 11 is 0. The van der Waals surface area contributed by atoms with Gasteiger partial charge in [-0.05, 0) is 55.2 Å². The molecule has 9 heteroatoms. The van der Waals surface area contributed by atoms with Gasteiger partial charge in [0.25, 0.3) is 11.8 Å². The second-order valence-electron chi connectivity index (χ2n) is 11.3. The molecule has 2 aliphatic heterocycles. The van der Waals surface area contributed by atoms with Gasteiger partial charge < -0.3 is 19.7 Å². The smallest absolute Gasteiger partial charge is 0.264 e. The number of nitrogens with zero attached hydrogens (tertiary/aromatic N) is 3. The zero-order chi connectivity index (χ0) is 31.2. The predicted octanol–water partition coefficient (Wildman–Crippen LogP) is 5.23. The molecule has 0 bridgehead atoms. The lowest BCUT2D eigenvalue weighted by Crippen LogP contribution is -2.47. The van der Waals surface area contributed by atoms with Crippen LogP contribution in [0.2, 0.25) is 0 Å². The predicted molar refractivity (Wildman–Crippen MR) is 170 cm³/mol. The summed E-state index contributed by atoms with van der Waals surface area (Å²) in [5, 5.41) is 2.90. The largest absolute Gasteiger partial charge is 0.493 e. The van der Waals surface area contributed by atoms with E-state index < -0.39 is 6.04 Å². The Balaban J connectivity index is 1.39. The number of fused-ring (bicyclic) bond motifs is 1. The van der Waals surface area contributed by atoms with Gasteiger partial charge in [-0.25, -0.2) is 0 Å². The highest BCUT2D eigenvalue weighted by atomic mass is 16.5. The van der Waals surface area contributed by atoms with E-state index in [1.165, 1.54) is 10.5 Å². The summed E-state index contributed by atoms with van der Waals surface area (Å²) in [6.45, 7) is 7.70. The quantitative estimate of drug-likeness (QED) is 0.226. The standard InChI is InChI=1S/C35H42N4O5/c1-5-32(40)36-18-10-15-28(26-16-17-30(43-3)31(23-26)44-4)39-34(41)27-13-9-14-29(33(27)35(39)42)38-21-19-37(20-22-38)24(2)25-11-7-6-8-12-25/h6-9,11-14,16-17,23-24,28H,5,10,15,18-22H2,1-4H3,(H,36,40)/t24?,28-/m1/s1. The zero-order valence-electron chi connectivity index (χ0n) is 26.0. The summed E-state index contributed by atoms with van der Waals surface area (Å²) in [4.78, 5) is 46.1. The number of methoxy groups -OCH3 is 2. The van der Waals surface area contributed by atoms with Crippen LogP contribution in [0.5, 0.6) is 11.5 Å². The highest BCUT2D eigenvalue weighted by molar-refractivity contribution is 6.24. The van der Waals surface area contributed by atoms with Crippen molar-refractivity contribution in [1.82, 2.24) is 15.1 Å². The van der Waals surface area contributed by atoms with Crippen molar-refractivity contribution in [3.8, 4) is 11.5 Å². The first kappa shape index (κ1) is 31.1. The second-order valence-corrected chi connectivity index (χ2v) is 11.3. The van der Waals surface area contributed by atoms with Gasteiger partial charge in [0.1, 0.15) is 0 Å². The van der Waals surface area contributed by atoms with Crippen LogP contribution in [-0.4, -0.2) is 74.5 Å². The van der Waals surface area contributed by atoms with Gasteiger partial charge >= 0.3 is 0 Å². The number of rotatable bonds is 12. The SMILES string of the molecule is CCC(=O)NCCC[C@H](c1ccc(OC)c(OC)c1)N1C(=O)c2cccc(N3CCN(C(C)c4ccccc4)CC3)c2C1=O. The molecule has 232 valence electrons. The van der Waals surface area contributed by atoms with Crippen molar-refractivity contribution in [3.63, 3.8) is 0 Å². The lowest BCUT2D eigenvalue weighted by molar-refractivity contribution is -0.120. The van der Waals surface area contributed by atoms with Crippen LogP contribution in [0.4, 0.5) is 5.69 Å².